The summed E-state index contributed by atoms with van der Waals surface area (Å²) in [5, 5.41) is 8.08. The van der Waals surface area contributed by atoms with Gasteiger partial charge in [-0.3, -0.25) is 4.79 Å². The van der Waals surface area contributed by atoms with Crippen LogP contribution in [0.15, 0.2) is 42.5 Å². The smallest absolute Gasteiger partial charge is 0.258 e. The van der Waals surface area contributed by atoms with Crippen LogP contribution in [0.2, 0.25) is 0 Å². The lowest BCUT2D eigenvalue weighted by Crippen LogP contribution is -2.35. The van der Waals surface area contributed by atoms with Gasteiger partial charge in [0.1, 0.15) is 5.52 Å². The molecule has 0 aliphatic carbocycles. The number of benzene rings is 2. The van der Waals surface area contributed by atoms with Gasteiger partial charge in [0.05, 0.1) is 5.52 Å². The van der Waals surface area contributed by atoms with Crippen molar-refractivity contribution >= 4 is 22.6 Å². The van der Waals surface area contributed by atoms with Crippen LogP contribution in [-0.2, 0) is 13.5 Å². The van der Waals surface area contributed by atoms with E-state index < -0.39 is 0 Å². The minimum absolute atomic E-state index is 0.0185. The van der Waals surface area contributed by atoms with E-state index in [0.29, 0.717) is 5.56 Å². The van der Waals surface area contributed by atoms with Gasteiger partial charge in [-0.25, -0.2) is 4.68 Å². The van der Waals surface area contributed by atoms with Gasteiger partial charge in [0.15, 0.2) is 0 Å². The van der Waals surface area contributed by atoms with Crippen molar-refractivity contribution in [2.75, 3.05) is 4.90 Å². The number of fused-ring (bicyclic) bond motifs is 2. The van der Waals surface area contributed by atoms with Gasteiger partial charge in [-0.1, -0.05) is 23.4 Å². The van der Waals surface area contributed by atoms with Gasteiger partial charge in [0.25, 0.3) is 5.91 Å². The molecule has 5 heteroatoms. The van der Waals surface area contributed by atoms with Crippen LogP contribution in [0.4, 0.5) is 5.69 Å². The molecule has 0 N–H and O–H groups in total. The van der Waals surface area contributed by atoms with Crippen molar-refractivity contribution < 1.29 is 4.79 Å². The van der Waals surface area contributed by atoms with Crippen LogP contribution >= 0.6 is 0 Å². The molecule has 0 unspecified atom stereocenters. The van der Waals surface area contributed by atoms with Gasteiger partial charge in [0, 0.05) is 24.3 Å². The van der Waals surface area contributed by atoms with Gasteiger partial charge in [-0.2, -0.15) is 0 Å². The van der Waals surface area contributed by atoms with Crippen LogP contribution in [-0.4, -0.2) is 26.9 Å². The van der Waals surface area contributed by atoms with Crippen LogP contribution in [0.25, 0.3) is 11.0 Å². The Morgan fingerprint density at radius 1 is 1.23 bits per heavy atom. The lowest BCUT2D eigenvalue weighted by Gasteiger charge is -2.22. The van der Waals surface area contributed by atoms with Gasteiger partial charge in [-0.05, 0) is 43.2 Å². The van der Waals surface area contributed by atoms with Crippen LogP contribution < -0.4 is 4.90 Å². The number of aromatic nitrogens is 3. The lowest BCUT2D eigenvalue weighted by molar-refractivity contribution is 0.0981. The van der Waals surface area contributed by atoms with Gasteiger partial charge in [-0.15, -0.1) is 5.10 Å². The Hall–Kier alpha value is -2.69. The van der Waals surface area contributed by atoms with E-state index in [2.05, 4.69) is 23.3 Å². The summed E-state index contributed by atoms with van der Waals surface area (Å²) in [6.07, 6.45) is 0.898. The minimum atomic E-state index is 0.0185. The summed E-state index contributed by atoms with van der Waals surface area (Å²) in [4.78, 5) is 14.8. The highest BCUT2D eigenvalue weighted by Crippen LogP contribution is 2.33. The van der Waals surface area contributed by atoms with Crippen molar-refractivity contribution in [2.24, 2.45) is 7.05 Å². The lowest BCUT2D eigenvalue weighted by atomic mass is 10.1. The number of aryl methyl sites for hydroxylation is 1. The molecule has 110 valence electrons. The Morgan fingerprint density at radius 3 is 2.91 bits per heavy atom. The molecule has 0 bridgehead atoms. The van der Waals surface area contributed by atoms with Crippen LogP contribution in [0.3, 0.4) is 0 Å². The van der Waals surface area contributed by atoms with E-state index in [9.17, 15) is 4.79 Å². The molecule has 1 amide bonds. The number of anilines is 1. The van der Waals surface area contributed by atoms with Crippen molar-refractivity contribution in [2.45, 2.75) is 19.4 Å². The van der Waals surface area contributed by atoms with E-state index >= 15 is 0 Å². The molecule has 0 saturated heterocycles. The molecule has 5 nitrogen and oxygen atoms in total. The summed E-state index contributed by atoms with van der Waals surface area (Å²) in [6, 6.07) is 13.8. The predicted octanol–water partition coefficient (Wildman–Crippen LogP) is 2.56. The van der Waals surface area contributed by atoms with Crippen LogP contribution in [0.5, 0.6) is 0 Å². The molecule has 0 fully saturated rings. The summed E-state index contributed by atoms with van der Waals surface area (Å²) >= 11 is 0. The highest BCUT2D eigenvalue weighted by atomic mass is 16.2. The maximum Gasteiger partial charge on any atom is 0.258 e. The number of hydrogen-bond donors (Lipinski definition) is 0. The zero-order valence-corrected chi connectivity index (χ0v) is 12.5. The highest BCUT2D eigenvalue weighted by Gasteiger charge is 2.31. The quantitative estimate of drug-likeness (QED) is 0.692. The van der Waals surface area contributed by atoms with E-state index in [1.165, 1.54) is 5.56 Å². The van der Waals surface area contributed by atoms with Gasteiger partial charge >= 0.3 is 0 Å². The average Bonchev–Trinajstić information content (AvgIpc) is 3.06. The summed E-state index contributed by atoms with van der Waals surface area (Å²) in [6.45, 7) is 2.08. The molecule has 0 saturated carbocycles. The number of hydrogen-bond acceptors (Lipinski definition) is 3. The van der Waals surface area contributed by atoms with Crippen molar-refractivity contribution in [1.29, 1.82) is 0 Å². The first-order chi connectivity index (χ1) is 10.6. The molecule has 1 aromatic heterocycles. The Balaban J connectivity index is 1.77. The van der Waals surface area contributed by atoms with Crippen molar-refractivity contribution in [3.63, 3.8) is 0 Å². The molecular formula is C17H16N4O. The summed E-state index contributed by atoms with van der Waals surface area (Å²) in [5.41, 5.74) is 4.56. The van der Waals surface area contributed by atoms with E-state index in [-0.39, 0.29) is 11.9 Å². The number of carbonyl (C=O) groups excluding carboxylic acids is 1. The minimum Gasteiger partial charge on any atom is -0.305 e. The van der Waals surface area contributed by atoms with Crippen LogP contribution in [0.1, 0.15) is 22.8 Å². The first kappa shape index (κ1) is 13.0. The molecule has 3 aromatic rings. The number of amides is 1. The van der Waals surface area contributed by atoms with Crippen molar-refractivity contribution in [3.05, 3.63) is 53.6 Å². The van der Waals surface area contributed by atoms with Crippen molar-refractivity contribution in [1.82, 2.24) is 15.0 Å². The van der Waals surface area contributed by atoms with E-state index in [0.717, 1.165) is 23.1 Å². The average molecular weight is 292 g/mol. The summed E-state index contributed by atoms with van der Waals surface area (Å²) in [7, 11) is 1.84. The predicted molar refractivity (Wildman–Crippen MR) is 84.9 cm³/mol. The Labute approximate surface area is 128 Å². The summed E-state index contributed by atoms with van der Waals surface area (Å²) < 4.78 is 1.71. The zero-order chi connectivity index (χ0) is 15.3. The first-order valence-corrected chi connectivity index (χ1v) is 7.36. The monoisotopic (exact) mass is 292 g/mol. The second kappa shape index (κ2) is 4.66. The number of para-hydroxylation sites is 1. The molecule has 0 spiro atoms. The number of rotatable bonds is 1. The number of carbonyl (C=O) groups is 1. The molecule has 1 aliphatic rings. The Kier molecular flexibility index (Phi) is 2.76. The fourth-order valence-corrected chi connectivity index (χ4v) is 3.19. The topological polar surface area (TPSA) is 51.0 Å². The normalized spacial score (nSPS) is 17.0. The number of nitrogens with zero attached hydrogens (tertiary/aromatic N) is 4. The second-order valence-corrected chi connectivity index (χ2v) is 5.77. The summed E-state index contributed by atoms with van der Waals surface area (Å²) in [5.74, 6) is 0.0185. The first-order valence-electron chi connectivity index (χ1n) is 7.36. The fraction of sp³-hybridized carbons (Fsp3) is 0.235. The van der Waals surface area contributed by atoms with Gasteiger partial charge in [0.2, 0.25) is 0 Å². The third-order valence-electron chi connectivity index (χ3n) is 4.28. The second-order valence-electron chi connectivity index (χ2n) is 5.77. The molecule has 0 radical (unpaired) electrons. The molecule has 4 rings (SSSR count). The third kappa shape index (κ3) is 1.82. The molecule has 22 heavy (non-hydrogen) atoms. The van der Waals surface area contributed by atoms with E-state index in [1.54, 1.807) is 4.68 Å². The molecule has 2 aromatic carbocycles. The molecular weight excluding hydrogens is 276 g/mol. The Morgan fingerprint density at radius 2 is 2.05 bits per heavy atom. The Bertz CT molecular complexity index is 883. The van der Waals surface area contributed by atoms with Crippen molar-refractivity contribution in [3.8, 4) is 0 Å². The SMILES string of the molecule is C[C@H]1Cc2ccccc2N1C(=O)c1ccc2c(c1)nnn2C. The third-order valence-corrected chi connectivity index (χ3v) is 4.28. The maximum atomic E-state index is 12.9. The fourth-order valence-electron chi connectivity index (χ4n) is 3.19. The van der Waals surface area contributed by atoms with Gasteiger partial charge < -0.3 is 4.90 Å². The molecule has 1 aliphatic heterocycles. The molecule has 1 atom stereocenters. The highest BCUT2D eigenvalue weighted by molar-refractivity contribution is 6.09. The molecule has 2 heterocycles. The van der Waals surface area contributed by atoms with E-state index in [1.807, 2.05) is 48.3 Å². The standard InChI is InChI=1S/C17H16N4O/c1-11-9-12-5-3-4-6-15(12)21(11)17(22)13-7-8-16-14(10-13)18-19-20(16)2/h3-8,10-11H,9H2,1-2H3/t11-/m0/s1. The largest absolute Gasteiger partial charge is 0.305 e. The maximum absolute atomic E-state index is 12.9. The van der Waals surface area contributed by atoms with E-state index in [4.69, 9.17) is 0 Å². The van der Waals surface area contributed by atoms with Crippen LogP contribution in [0, 0.1) is 0 Å². The zero-order valence-electron chi connectivity index (χ0n) is 12.5.